The van der Waals surface area contributed by atoms with Gasteiger partial charge >= 0.3 is 0 Å². The molecule has 0 aliphatic heterocycles. The lowest BCUT2D eigenvalue weighted by Crippen LogP contribution is -2.34. The first kappa shape index (κ1) is 13.3. The van der Waals surface area contributed by atoms with Gasteiger partial charge in [0.15, 0.2) is 0 Å². The fraction of sp³-hybridized carbons (Fsp3) is 0.600. The van der Waals surface area contributed by atoms with Crippen molar-refractivity contribution in [1.82, 2.24) is 5.32 Å². The molecule has 0 aromatic heterocycles. The van der Waals surface area contributed by atoms with E-state index in [0.717, 1.165) is 11.5 Å². The molecule has 3 heteroatoms. The number of benzene rings is 1. The van der Waals surface area contributed by atoms with E-state index in [4.69, 9.17) is 0 Å². The molecule has 2 rings (SSSR count). The highest BCUT2D eigenvalue weighted by atomic mass is 19.1. The molecular weight excluding hydrogens is 229 g/mol. The fourth-order valence-electron chi connectivity index (χ4n) is 2.89. The first-order chi connectivity index (χ1) is 8.49. The number of phenols is 1. The van der Waals surface area contributed by atoms with Crippen molar-refractivity contribution in [1.29, 1.82) is 0 Å². The first-order valence-electron chi connectivity index (χ1n) is 6.73. The standard InChI is InChI=1S/C15H22FNO/c1-9-4-7-14(10(9)2)17-11(3)13-6-5-12(16)8-15(13)18/h5-6,8-11,14,17-18H,4,7H2,1-3H3. The van der Waals surface area contributed by atoms with Crippen molar-refractivity contribution >= 4 is 0 Å². The molecule has 0 spiro atoms. The number of phenolic OH excluding ortho intramolecular Hbond substituents is 1. The number of halogens is 1. The van der Waals surface area contributed by atoms with Crippen LogP contribution in [-0.2, 0) is 0 Å². The van der Waals surface area contributed by atoms with Crippen LogP contribution in [0.4, 0.5) is 4.39 Å². The lowest BCUT2D eigenvalue weighted by Gasteiger charge is -2.25. The Hall–Kier alpha value is -1.09. The fourth-order valence-corrected chi connectivity index (χ4v) is 2.89. The van der Waals surface area contributed by atoms with Gasteiger partial charge in [-0.05, 0) is 37.7 Å². The minimum atomic E-state index is -0.397. The Balaban J connectivity index is 2.05. The average molecular weight is 251 g/mol. The third-order valence-electron chi connectivity index (χ3n) is 4.39. The van der Waals surface area contributed by atoms with Crippen LogP contribution in [0.5, 0.6) is 5.75 Å². The van der Waals surface area contributed by atoms with Crippen molar-refractivity contribution in [2.75, 3.05) is 0 Å². The largest absolute Gasteiger partial charge is 0.508 e. The molecule has 0 radical (unpaired) electrons. The van der Waals surface area contributed by atoms with E-state index in [9.17, 15) is 9.50 Å². The first-order valence-corrected chi connectivity index (χ1v) is 6.73. The van der Waals surface area contributed by atoms with Gasteiger partial charge < -0.3 is 10.4 Å². The third kappa shape index (κ3) is 2.66. The molecule has 4 atom stereocenters. The summed E-state index contributed by atoms with van der Waals surface area (Å²) in [6, 6.07) is 4.76. The molecule has 1 aliphatic rings. The van der Waals surface area contributed by atoms with Gasteiger partial charge in [-0.15, -0.1) is 0 Å². The molecule has 2 nitrogen and oxygen atoms in total. The highest BCUT2D eigenvalue weighted by molar-refractivity contribution is 5.35. The van der Waals surface area contributed by atoms with Crippen molar-refractivity contribution in [3.05, 3.63) is 29.6 Å². The molecule has 1 fully saturated rings. The Kier molecular flexibility index (Phi) is 3.91. The lowest BCUT2D eigenvalue weighted by molar-refractivity contribution is 0.342. The highest BCUT2D eigenvalue weighted by Gasteiger charge is 2.30. The monoisotopic (exact) mass is 251 g/mol. The Bertz CT molecular complexity index is 421. The third-order valence-corrected chi connectivity index (χ3v) is 4.39. The minimum absolute atomic E-state index is 0.0358. The van der Waals surface area contributed by atoms with Crippen LogP contribution in [0.3, 0.4) is 0 Å². The molecule has 0 heterocycles. The van der Waals surface area contributed by atoms with Gasteiger partial charge in [0.1, 0.15) is 11.6 Å². The van der Waals surface area contributed by atoms with E-state index in [0.29, 0.717) is 12.0 Å². The SMILES string of the molecule is CC(NC1CCC(C)C1C)c1ccc(F)cc1O. The summed E-state index contributed by atoms with van der Waals surface area (Å²) < 4.78 is 12.9. The summed E-state index contributed by atoms with van der Waals surface area (Å²) in [6.45, 7) is 6.57. The van der Waals surface area contributed by atoms with Gasteiger partial charge in [0.25, 0.3) is 0 Å². The number of hydrogen-bond acceptors (Lipinski definition) is 2. The quantitative estimate of drug-likeness (QED) is 0.860. The molecule has 1 aromatic rings. The summed E-state index contributed by atoms with van der Waals surface area (Å²) in [5.74, 6) is 1.03. The molecule has 100 valence electrons. The second-order valence-corrected chi connectivity index (χ2v) is 5.61. The Morgan fingerprint density at radius 1 is 1.33 bits per heavy atom. The van der Waals surface area contributed by atoms with E-state index in [1.54, 1.807) is 6.07 Å². The molecule has 1 saturated carbocycles. The van der Waals surface area contributed by atoms with Crippen LogP contribution in [0.2, 0.25) is 0 Å². The Morgan fingerprint density at radius 3 is 2.61 bits per heavy atom. The number of hydrogen-bond donors (Lipinski definition) is 2. The van der Waals surface area contributed by atoms with Crippen LogP contribution < -0.4 is 5.32 Å². The summed E-state index contributed by atoms with van der Waals surface area (Å²) in [4.78, 5) is 0. The molecule has 1 aliphatic carbocycles. The van der Waals surface area contributed by atoms with Gasteiger partial charge in [0, 0.05) is 23.7 Å². The van der Waals surface area contributed by atoms with E-state index in [1.807, 2.05) is 6.92 Å². The summed E-state index contributed by atoms with van der Waals surface area (Å²) in [6.07, 6.45) is 2.43. The van der Waals surface area contributed by atoms with Crippen LogP contribution in [-0.4, -0.2) is 11.1 Å². The van der Waals surface area contributed by atoms with E-state index in [1.165, 1.54) is 25.0 Å². The van der Waals surface area contributed by atoms with Gasteiger partial charge in [-0.25, -0.2) is 4.39 Å². The highest BCUT2D eigenvalue weighted by Crippen LogP contribution is 2.33. The van der Waals surface area contributed by atoms with Gasteiger partial charge in [0.05, 0.1) is 0 Å². The minimum Gasteiger partial charge on any atom is -0.508 e. The van der Waals surface area contributed by atoms with Crippen LogP contribution in [0.1, 0.15) is 45.2 Å². The average Bonchev–Trinajstić information content (AvgIpc) is 2.61. The van der Waals surface area contributed by atoms with Crippen molar-refractivity contribution < 1.29 is 9.50 Å². The predicted octanol–water partition coefficient (Wildman–Crippen LogP) is 3.62. The molecule has 1 aromatic carbocycles. The van der Waals surface area contributed by atoms with Gasteiger partial charge in [0.2, 0.25) is 0 Å². The normalized spacial score (nSPS) is 29.4. The van der Waals surface area contributed by atoms with Crippen molar-refractivity contribution in [2.45, 2.75) is 45.7 Å². The summed E-state index contributed by atoms with van der Waals surface area (Å²) in [5, 5.41) is 13.3. The molecule has 0 saturated heterocycles. The molecule has 0 amide bonds. The molecule has 0 bridgehead atoms. The maximum Gasteiger partial charge on any atom is 0.126 e. The zero-order valence-corrected chi connectivity index (χ0v) is 11.3. The maximum absolute atomic E-state index is 12.9. The van der Waals surface area contributed by atoms with Crippen molar-refractivity contribution in [2.24, 2.45) is 11.8 Å². The Morgan fingerprint density at radius 2 is 2.06 bits per heavy atom. The van der Waals surface area contributed by atoms with Gasteiger partial charge in [-0.2, -0.15) is 0 Å². The zero-order chi connectivity index (χ0) is 13.3. The lowest BCUT2D eigenvalue weighted by atomic mass is 9.96. The second kappa shape index (κ2) is 5.27. The van der Waals surface area contributed by atoms with Crippen LogP contribution in [0.25, 0.3) is 0 Å². The van der Waals surface area contributed by atoms with Crippen LogP contribution in [0, 0.1) is 17.7 Å². The predicted molar refractivity (Wildman–Crippen MR) is 71.0 cm³/mol. The number of nitrogens with one attached hydrogen (secondary N) is 1. The topological polar surface area (TPSA) is 32.3 Å². The number of aromatic hydroxyl groups is 1. The summed E-state index contributed by atoms with van der Waals surface area (Å²) >= 11 is 0. The van der Waals surface area contributed by atoms with E-state index in [-0.39, 0.29) is 11.8 Å². The Labute approximate surface area is 108 Å². The van der Waals surface area contributed by atoms with Gasteiger partial charge in [-0.1, -0.05) is 19.9 Å². The summed E-state index contributed by atoms with van der Waals surface area (Å²) in [7, 11) is 0. The smallest absolute Gasteiger partial charge is 0.126 e. The molecule has 2 N–H and O–H groups in total. The summed E-state index contributed by atoms with van der Waals surface area (Å²) in [5.41, 5.74) is 0.767. The zero-order valence-electron chi connectivity index (χ0n) is 11.3. The van der Waals surface area contributed by atoms with Crippen molar-refractivity contribution in [3.8, 4) is 5.75 Å². The molecule has 4 unspecified atom stereocenters. The molecular formula is C15H22FNO. The van der Waals surface area contributed by atoms with E-state index in [2.05, 4.69) is 19.2 Å². The van der Waals surface area contributed by atoms with Crippen LogP contribution in [0.15, 0.2) is 18.2 Å². The maximum atomic E-state index is 12.9. The van der Waals surface area contributed by atoms with Gasteiger partial charge in [-0.3, -0.25) is 0 Å². The van der Waals surface area contributed by atoms with E-state index >= 15 is 0 Å². The molecule has 18 heavy (non-hydrogen) atoms. The second-order valence-electron chi connectivity index (χ2n) is 5.61. The van der Waals surface area contributed by atoms with E-state index < -0.39 is 5.82 Å². The number of rotatable bonds is 3. The van der Waals surface area contributed by atoms with Crippen LogP contribution >= 0.6 is 0 Å². The van der Waals surface area contributed by atoms with Crippen molar-refractivity contribution in [3.63, 3.8) is 0 Å².